The molecule has 2 nitrogen and oxygen atoms in total. The van der Waals surface area contributed by atoms with E-state index in [1.807, 2.05) is 18.2 Å². The van der Waals surface area contributed by atoms with Gasteiger partial charge in [-0.3, -0.25) is 0 Å². The molecule has 2 aromatic rings. The van der Waals surface area contributed by atoms with Crippen molar-refractivity contribution in [1.29, 1.82) is 5.26 Å². The van der Waals surface area contributed by atoms with E-state index in [1.165, 1.54) is 6.07 Å². The van der Waals surface area contributed by atoms with Crippen LogP contribution in [0.5, 0.6) is 0 Å². The SMILES string of the molecule is Cc1cc(CNc2ccc(C#N)cc2)ccc1F. The molecule has 2 rings (SSSR count). The summed E-state index contributed by atoms with van der Waals surface area (Å²) in [5, 5.41) is 11.9. The minimum atomic E-state index is -0.183. The molecule has 0 amide bonds. The van der Waals surface area contributed by atoms with Crippen molar-refractivity contribution >= 4 is 5.69 Å². The molecular weight excluding hydrogens is 227 g/mol. The van der Waals surface area contributed by atoms with Gasteiger partial charge in [0.1, 0.15) is 5.82 Å². The Bertz CT molecular complexity index is 582. The van der Waals surface area contributed by atoms with Gasteiger partial charge in [0.15, 0.2) is 0 Å². The van der Waals surface area contributed by atoms with Crippen molar-refractivity contribution in [2.75, 3.05) is 5.32 Å². The van der Waals surface area contributed by atoms with Crippen LogP contribution in [0.2, 0.25) is 0 Å². The lowest BCUT2D eigenvalue weighted by Gasteiger charge is -2.07. The molecule has 0 aliphatic heterocycles. The van der Waals surface area contributed by atoms with Crippen molar-refractivity contribution in [3.05, 3.63) is 65.0 Å². The Hall–Kier alpha value is -2.34. The van der Waals surface area contributed by atoms with Crippen LogP contribution in [0.3, 0.4) is 0 Å². The zero-order valence-electron chi connectivity index (χ0n) is 10.1. The highest BCUT2D eigenvalue weighted by molar-refractivity contribution is 5.47. The average Bonchev–Trinajstić information content (AvgIpc) is 2.41. The van der Waals surface area contributed by atoms with Crippen molar-refractivity contribution in [2.45, 2.75) is 13.5 Å². The van der Waals surface area contributed by atoms with E-state index in [1.54, 1.807) is 25.1 Å². The fraction of sp³-hybridized carbons (Fsp3) is 0.133. The third kappa shape index (κ3) is 2.86. The van der Waals surface area contributed by atoms with Crippen LogP contribution in [-0.2, 0) is 6.54 Å². The summed E-state index contributed by atoms with van der Waals surface area (Å²) in [5.41, 5.74) is 3.25. The van der Waals surface area contributed by atoms with Gasteiger partial charge < -0.3 is 5.32 Å². The van der Waals surface area contributed by atoms with E-state index in [4.69, 9.17) is 5.26 Å². The van der Waals surface area contributed by atoms with E-state index in [9.17, 15) is 4.39 Å². The number of rotatable bonds is 3. The first-order chi connectivity index (χ1) is 8.69. The summed E-state index contributed by atoms with van der Waals surface area (Å²) in [6.45, 7) is 2.38. The number of hydrogen-bond acceptors (Lipinski definition) is 2. The normalized spacial score (nSPS) is 9.83. The molecule has 3 heteroatoms. The monoisotopic (exact) mass is 240 g/mol. The molecule has 0 aromatic heterocycles. The van der Waals surface area contributed by atoms with Crippen molar-refractivity contribution in [1.82, 2.24) is 0 Å². The van der Waals surface area contributed by atoms with E-state index in [0.717, 1.165) is 11.3 Å². The van der Waals surface area contributed by atoms with Crippen molar-refractivity contribution in [3.8, 4) is 6.07 Å². The first-order valence-electron chi connectivity index (χ1n) is 5.68. The van der Waals surface area contributed by atoms with Crippen molar-refractivity contribution in [3.63, 3.8) is 0 Å². The van der Waals surface area contributed by atoms with Gasteiger partial charge in [0, 0.05) is 12.2 Å². The molecule has 0 heterocycles. The zero-order valence-corrected chi connectivity index (χ0v) is 10.1. The molecule has 2 aromatic carbocycles. The Balaban J connectivity index is 2.02. The van der Waals surface area contributed by atoms with Gasteiger partial charge in [-0.1, -0.05) is 12.1 Å². The fourth-order valence-electron chi connectivity index (χ4n) is 1.68. The van der Waals surface area contributed by atoms with Gasteiger partial charge >= 0.3 is 0 Å². The van der Waals surface area contributed by atoms with Crippen LogP contribution >= 0.6 is 0 Å². The maximum absolute atomic E-state index is 13.1. The molecule has 0 fully saturated rings. The largest absolute Gasteiger partial charge is 0.381 e. The van der Waals surface area contributed by atoms with Crippen molar-refractivity contribution in [2.24, 2.45) is 0 Å². The maximum Gasteiger partial charge on any atom is 0.126 e. The molecule has 18 heavy (non-hydrogen) atoms. The Kier molecular flexibility index (Phi) is 3.59. The zero-order chi connectivity index (χ0) is 13.0. The topological polar surface area (TPSA) is 35.8 Å². The van der Waals surface area contributed by atoms with E-state index < -0.39 is 0 Å². The smallest absolute Gasteiger partial charge is 0.126 e. The lowest BCUT2D eigenvalue weighted by molar-refractivity contribution is 0.617. The van der Waals surface area contributed by atoms with Crippen LogP contribution in [-0.4, -0.2) is 0 Å². The lowest BCUT2D eigenvalue weighted by atomic mass is 10.1. The standard InChI is InChI=1S/C15H13FN2/c1-11-8-13(4-7-15(11)16)10-18-14-5-2-12(9-17)3-6-14/h2-8,18H,10H2,1H3. The Labute approximate surface area is 106 Å². The van der Waals surface area contributed by atoms with Crippen LogP contribution in [0.15, 0.2) is 42.5 Å². The molecule has 0 aliphatic rings. The third-order valence-electron chi connectivity index (χ3n) is 2.73. The van der Waals surface area contributed by atoms with Gasteiger partial charge in [-0.15, -0.1) is 0 Å². The number of halogens is 1. The van der Waals surface area contributed by atoms with E-state index in [0.29, 0.717) is 17.7 Å². The number of aryl methyl sites for hydroxylation is 1. The summed E-state index contributed by atoms with van der Waals surface area (Å²) in [6.07, 6.45) is 0. The Morgan fingerprint density at radius 3 is 2.50 bits per heavy atom. The number of nitriles is 1. The summed E-state index contributed by atoms with van der Waals surface area (Å²) < 4.78 is 13.1. The molecule has 0 saturated heterocycles. The van der Waals surface area contributed by atoms with Gasteiger partial charge in [-0.2, -0.15) is 5.26 Å². The Morgan fingerprint density at radius 1 is 1.17 bits per heavy atom. The van der Waals surface area contributed by atoms with Crippen LogP contribution in [0.25, 0.3) is 0 Å². The quantitative estimate of drug-likeness (QED) is 0.889. The Morgan fingerprint density at radius 2 is 1.89 bits per heavy atom. The van der Waals surface area contributed by atoms with Gasteiger partial charge in [-0.25, -0.2) is 4.39 Å². The second-order valence-electron chi connectivity index (χ2n) is 4.13. The van der Waals surface area contributed by atoms with Gasteiger partial charge in [-0.05, 0) is 48.4 Å². The molecule has 0 unspecified atom stereocenters. The summed E-state index contributed by atoms with van der Waals surface area (Å²) in [4.78, 5) is 0. The molecule has 0 spiro atoms. The molecule has 0 aliphatic carbocycles. The van der Waals surface area contributed by atoms with Crippen LogP contribution in [0.1, 0.15) is 16.7 Å². The van der Waals surface area contributed by atoms with E-state index in [2.05, 4.69) is 11.4 Å². The predicted octanol–water partition coefficient (Wildman–Crippen LogP) is 3.62. The summed E-state index contributed by atoms with van der Waals surface area (Å²) >= 11 is 0. The first-order valence-corrected chi connectivity index (χ1v) is 5.68. The molecule has 0 atom stereocenters. The van der Waals surface area contributed by atoms with Crippen molar-refractivity contribution < 1.29 is 4.39 Å². The summed E-state index contributed by atoms with van der Waals surface area (Å²) in [5.74, 6) is -0.183. The highest BCUT2D eigenvalue weighted by atomic mass is 19.1. The summed E-state index contributed by atoms with van der Waals surface area (Å²) in [7, 11) is 0. The molecule has 0 radical (unpaired) electrons. The second-order valence-corrected chi connectivity index (χ2v) is 4.13. The molecule has 0 saturated carbocycles. The molecule has 0 bridgehead atoms. The number of nitrogens with zero attached hydrogens (tertiary/aromatic N) is 1. The van der Waals surface area contributed by atoms with E-state index in [-0.39, 0.29) is 5.82 Å². The average molecular weight is 240 g/mol. The van der Waals surface area contributed by atoms with Gasteiger partial charge in [0.05, 0.1) is 11.6 Å². The fourth-order valence-corrected chi connectivity index (χ4v) is 1.68. The maximum atomic E-state index is 13.1. The highest BCUT2D eigenvalue weighted by Gasteiger charge is 1.99. The number of hydrogen-bond donors (Lipinski definition) is 1. The van der Waals surface area contributed by atoms with Gasteiger partial charge in [0.2, 0.25) is 0 Å². The first kappa shape index (κ1) is 12.1. The minimum absolute atomic E-state index is 0.183. The molecular formula is C15H13FN2. The minimum Gasteiger partial charge on any atom is -0.381 e. The number of anilines is 1. The highest BCUT2D eigenvalue weighted by Crippen LogP contribution is 2.13. The number of nitrogens with one attached hydrogen (secondary N) is 1. The second kappa shape index (κ2) is 5.33. The predicted molar refractivity (Wildman–Crippen MR) is 69.6 cm³/mol. The van der Waals surface area contributed by atoms with E-state index >= 15 is 0 Å². The summed E-state index contributed by atoms with van der Waals surface area (Å²) in [6, 6.07) is 14.4. The molecule has 90 valence electrons. The third-order valence-corrected chi connectivity index (χ3v) is 2.73. The number of benzene rings is 2. The molecule has 1 N–H and O–H groups in total. The van der Waals surface area contributed by atoms with Crippen LogP contribution in [0, 0.1) is 24.1 Å². The van der Waals surface area contributed by atoms with Crippen LogP contribution in [0.4, 0.5) is 10.1 Å². The van der Waals surface area contributed by atoms with Crippen LogP contribution < -0.4 is 5.32 Å². The van der Waals surface area contributed by atoms with Gasteiger partial charge in [0.25, 0.3) is 0 Å². The lowest BCUT2D eigenvalue weighted by Crippen LogP contribution is -2.00.